The van der Waals surface area contributed by atoms with Gasteiger partial charge in [0, 0.05) is 29.2 Å². The number of fused-ring (bicyclic) bond motifs is 1. The summed E-state index contributed by atoms with van der Waals surface area (Å²) in [5.41, 5.74) is 1.97. The third kappa shape index (κ3) is 5.32. The first-order valence-corrected chi connectivity index (χ1v) is 11.2. The van der Waals surface area contributed by atoms with Crippen LogP contribution in [0.5, 0.6) is 11.5 Å². The highest BCUT2D eigenvalue weighted by Gasteiger charge is 2.21. The minimum absolute atomic E-state index is 0.0374. The molecule has 4 rings (SSSR count). The van der Waals surface area contributed by atoms with Crippen LogP contribution in [0.4, 0.5) is 4.79 Å². The van der Waals surface area contributed by atoms with Crippen molar-refractivity contribution in [2.45, 2.75) is 51.1 Å². The van der Waals surface area contributed by atoms with E-state index in [0.29, 0.717) is 29.6 Å². The molecule has 1 aliphatic carbocycles. The predicted molar refractivity (Wildman–Crippen MR) is 119 cm³/mol. The number of hydrogen-bond donors (Lipinski definition) is 1. The number of carbonyl (C=O) groups excluding carboxylic acids is 1. The van der Waals surface area contributed by atoms with E-state index in [1.807, 2.05) is 35.2 Å². The highest BCUT2D eigenvalue weighted by molar-refractivity contribution is 6.35. The largest absolute Gasteiger partial charge is 0.454 e. The van der Waals surface area contributed by atoms with Crippen LogP contribution in [-0.2, 0) is 13.0 Å². The number of hydrogen-bond acceptors (Lipinski definition) is 3. The summed E-state index contributed by atoms with van der Waals surface area (Å²) in [5.74, 6) is 1.46. The molecule has 0 saturated heterocycles. The fraction of sp³-hybridized carbons (Fsp3) is 0.435. The molecule has 1 fully saturated rings. The zero-order valence-electron chi connectivity index (χ0n) is 16.8. The van der Waals surface area contributed by atoms with Crippen molar-refractivity contribution in [3.8, 4) is 11.5 Å². The lowest BCUT2D eigenvalue weighted by molar-refractivity contribution is 0.173. The Labute approximate surface area is 187 Å². The summed E-state index contributed by atoms with van der Waals surface area (Å²) in [6, 6.07) is 11.5. The Kier molecular flexibility index (Phi) is 6.90. The third-order valence-electron chi connectivity index (χ3n) is 5.70. The zero-order valence-corrected chi connectivity index (χ0v) is 18.3. The molecule has 7 heteroatoms. The van der Waals surface area contributed by atoms with Crippen molar-refractivity contribution in [3.63, 3.8) is 0 Å². The first-order chi connectivity index (χ1) is 14.6. The number of rotatable bonds is 6. The summed E-state index contributed by atoms with van der Waals surface area (Å²) in [4.78, 5) is 15.0. The fourth-order valence-corrected chi connectivity index (χ4v) is 4.51. The molecule has 30 heavy (non-hydrogen) atoms. The average molecular weight is 449 g/mol. The molecule has 0 bridgehead atoms. The average Bonchev–Trinajstić information content (AvgIpc) is 3.20. The van der Waals surface area contributed by atoms with Crippen LogP contribution in [0.3, 0.4) is 0 Å². The van der Waals surface area contributed by atoms with Gasteiger partial charge in [-0.2, -0.15) is 0 Å². The van der Waals surface area contributed by atoms with Gasteiger partial charge >= 0.3 is 6.03 Å². The number of urea groups is 1. The van der Waals surface area contributed by atoms with Gasteiger partial charge in [-0.25, -0.2) is 4.79 Å². The zero-order chi connectivity index (χ0) is 20.9. The Morgan fingerprint density at radius 1 is 1.03 bits per heavy atom. The van der Waals surface area contributed by atoms with Crippen LogP contribution in [0.2, 0.25) is 10.0 Å². The van der Waals surface area contributed by atoms with E-state index in [-0.39, 0.29) is 18.9 Å². The van der Waals surface area contributed by atoms with Crippen molar-refractivity contribution >= 4 is 29.2 Å². The molecule has 1 heterocycles. The summed E-state index contributed by atoms with van der Waals surface area (Å²) in [6.07, 6.45) is 6.35. The molecule has 0 aromatic heterocycles. The normalized spacial score (nSPS) is 15.8. The van der Waals surface area contributed by atoms with Crippen molar-refractivity contribution < 1.29 is 14.3 Å². The van der Waals surface area contributed by atoms with Crippen LogP contribution in [0.15, 0.2) is 36.4 Å². The number of amides is 2. The van der Waals surface area contributed by atoms with Gasteiger partial charge in [-0.1, -0.05) is 54.6 Å². The van der Waals surface area contributed by atoms with Crippen LogP contribution in [0.1, 0.15) is 43.2 Å². The summed E-state index contributed by atoms with van der Waals surface area (Å²) < 4.78 is 10.9. The van der Waals surface area contributed by atoms with E-state index in [4.69, 9.17) is 32.7 Å². The molecule has 0 atom stereocenters. The highest BCUT2D eigenvalue weighted by atomic mass is 35.5. The lowest BCUT2D eigenvalue weighted by Crippen LogP contribution is -2.45. The maximum Gasteiger partial charge on any atom is 0.317 e. The highest BCUT2D eigenvalue weighted by Crippen LogP contribution is 2.33. The first kappa shape index (κ1) is 21.1. The van der Waals surface area contributed by atoms with Gasteiger partial charge in [-0.3, -0.25) is 0 Å². The quantitative estimate of drug-likeness (QED) is 0.606. The summed E-state index contributed by atoms with van der Waals surface area (Å²) in [6.45, 7) is 1.27. The molecule has 1 N–H and O–H groups in total. The van der Waals surface area contributed by atoms with E-state index in [1.54, 1.807) is 6.07 Å². The Bertz CT molecular complexity index is 900. The molecule has 5 nitrogen and oxygen atoms in total. The van der Waals surface area contributed by atoms with Crippen molar-refractivity contribution in [3.05, 3.63) is 57.6 Å². The standard InChI is InChI=1S/C23H26Cl2N2O3/c24-18-8-7-17(20(25)13-18)10-11-27(23(28)26-19-4-2-1-3-5-19)14-16-6-9-21-22(12-16)30-15-29-21/h6-9,12-13,19H,1-5,10-11,14-15H2,(H,26,28). The van der Waals surface area contributed by atoms with E-state index in [9.17, 15) is 4.79 Å². The second-order valence-corrected chi connectivity index (χ2v) is 8.72. The van der Waals surface area contributed by atoms with E-state index >= 15 is 0 Å². The second-order valence-electron chi connectivity index (χ2n) is 7.88. The van der Waals surface area contributed by atoms with Crippen molar-refractivity contribution in [1.82, 2.24) is 10.2 Å². The number of nitrogens with zero attached hydrogens (tertiary/aromatic N) is 1. The Balaban J connectivity index is 1.47. The minimum Gasteiger partial charge on any atom is -0.454 e. The molecular formula is C23H26Cl2N2O3. The van der Waals surface area contributed by atoms with Crippen LogP contribution in [0.25, 0.3) is 0 Å². The molecule has 0 unspecified atom stereocenters. The van der Waals surface area contributed by atoms with Gasteiger partial charge in [-0.15, -0.1) is 0 Å². The molecule has 160 valence electrons. The number of halogens is 2. The molecular weight excluding hydrogens is 423 g/mol. The smallest absolute Gasteiger partial charge is 0.317 e. The third-order valence-corrected chi connectivity index (χ3v) is 6.28. The van der Waals surface area contributed by atoms with Crippen LogP contribution in [-0.4, -0.2) is 30.3 Å². The van der Waals surface area contributed by atoms with E-state index in [0.717, 1.165) is 35.5 Å². The number of nitrogens with one attached hydrogen (secondary N) is 1. The minimum atomic E-state index is -0.0374. The number of carbonyl (C=O) groups is 1. The molecule has 0 radical (unpaired) electrons. The van der Waals surface area contributed by atoms with Crippen molar-refractivity contribution in [1.29, 1.82) is 0 Å². The van der Waals surface area contributed by atoms with E-state index < -0.39 is 0 Å². The Morgan fingerprint density at radius 3 is 2.63 bits per heavy atom. The van der Waals surface area contributed by atoms with Crippen LogP contribution < -0.4 is 14.8 Å². The van der Waals surface area contributed by atoms with Crippen molar-refractivity contribution in [2.75, 3.05) is 13.3 Å². The van der Waals surface area contributed by atoms with Crippen LogP contribution in [0, 0.1) is 0 Å². The van der Waals surface area contributed by atoms with Gasteiger partial charge in [0.1, 0.15) is 0 Å². The SMILES string of the molecule is O=C(NC1CCCCC1)N(CCc1ccc(Cl)cc1Cl)Cc1ccc2c(c1)OCO2. The summed E-state index contributed by atoms with van der Waals surface area (Å²) in [5, 5.41) is 4.46. The molecule has 2 aromatic rings. The topological polar surface area (TPSA) is 50.8 Å². The van der Waals surface area contributed by atoms with Gasteiger partial charge in [-0.05, 0) is 54.7 Å². The summed E-state index contributed by atoms with van der Waals surface area (Å²) >= 11 is 12.3. The Morgan fingerprint density at radius 2 is 1.83 bits per heavy atom. The van der Waals surface area contributed by atoms with Gasteiger partial charge < -0.3 is 19.7 Å². The lowest BCUT2D eigenvalue weighted by atomic mass is 9.96. The number of benzene rings is 2. The van der Waals surface area contributed by atoms with Crippen molar-refractivity contribution in [2.24, 2.45) is 0 Å². The summed E-state index contributed by atoms with van der Waals surface area (Å²) in [7, 11) is 0. The molecule has 1 aliphatic heterocycles. The second kappa shape index (κ2) is 9.80. The van der Waals surface area contributed by atoms with Crippen LogP contribution >= 0.6 is 23.2 Å². The van der Waals surface area contributed by atoms with E-state index in [2.05, 4.69) is 5.32 Å². The fourth-order valence-electron chi connectivity index (χ4n) is 4.00. The Hall–Kier alpha value is -2.11. The maximum atomic E-state index is 13.1. The van der Waals surface area contributed by atoms with Gasteiger partial charge in [0.25, 0.3) is 0 Å². The lowest BCUT2D eigenvalue weighted by Gasteiger charge is -2.29. The molecule has 0 spiro atoms. The van der Waals surface area contributed by atoms with Gasteiger partial charge in [0.2, 0.25) is 6.79 Å². The molecule has 2 aromatic carbocycles. The molecule has 2 amide bonds. The molecule has 1 saturated carbocycles. The first-order valence-electron chi connectivity index (χ1n) is 10.5. The molecule has 2 aliphatic rings. The predicted octanol–water partition coefficient (Wildman–Crippen LogP) is 5.81. The van der Waals surface area contributed by atoms with Gasteiger partial charge in [0.15, 0.2) is 11.5 Å². The monoisotopic (exact) mass is 448 g/mol. The van der Waals surface area contributed by atoms with Gasteiger partial charge in [0.05, 0.1) is 0 Å². The number of ether oxygens (including phenoxy) is 2. The van der Waals surface area contributed by atoms with E-state index in [1.165, 1.54) is 19.3 Å². The maximum absolute atomic E-state index is 13.1.